The van der Waals surface area contributed by atoms with E-state index in [1.807, 2.05) is 26.8 Å². The molecule has 2 rings (SSSR count). The van der Waals surface area contributed by atoms with Crippen LogP contribution in [0.15, 0.2) is 34.4 Å². The SMILES string of the molecule is CCC1=[C-]CC(CC)=C1.CCC1=[C-]CC(CC)=C1.Cl.Cl.[CH3-].[CH3-].[SiH2]=[Ti]. The summed E-state index contributed by atoms with van der Waals surface area (Å²) in [5, 5.41) is 0. The van der Waals surface area contributed by atoms with Crippen LogP contribution in [0.25, 0.3) is 0 Å². The fourth-order valence-electron chi connectivity index (χ4n) is 2.06. The number of halogens is 2. The van der Waals surface area contributed by atoms with Crippen LogP contribution in [-0.2, 0) is 19.2 Å². The predicted molar refractivity (Wildman–Crippen MR) is 116 cm³/mol. The summed E-state index contributed by atoms with van der Waals surface area (Å²) in [6.45, 7) is 8.76. The van der Waals surface area contributed by atoms with E-state index in [2.05, 4.69) is 52.0 Å². The minimum atomic E-state index is 0. The molecule has 0 aromatic heterocycles. The molecule has 0 fully saturated rings. The van der Waals surface area contributed by atoms with Gasteiger partial charge in [-0.3, -0.25) is 12.2 Å². The molecule has 2 aliphatic rings. The van der Waals surface area contributed by atoms with E-state index in [9.17, 15) is 0 Å². The topological polar surface area (TPSA) is 0 Å². The Morgan fingerprint density at radius 2 is 1.04 bits per heavy atom. The second kappa shape index (κ2) is 23.5. The third kappa shape index (κ3) is 14.8. The van der Waals surface area contributed by atoms with Gasteiger partial charge >= 0.3 is 26.8 Å². The minimum absolute atomic E-state index is 0. The van der Waals surface area contributed by atoms with Gasteiger partial charge in [-0.1, -0.05) is 53.4 Å². The van der Waals surface area contributed by atoms with E-state index in [0.717, 1.165) is 25.7 Å². The average molecular weight is 423 g/mol. The summed E-state index contributed by atoms with van der Waals surface area (Å²) in [5.74, 6) is 0. The molecule has 0 spiro atoms. The summed E-state index contributed by atoms with van der Waals surface area (Å²) in [4.78, 5) is 0. The maximum absolute atomic E-state index is 3.33. The van der Waals surface area contributed by atoms with Gasteiger partial charge in [-0.25, -0.2) is 23.3 Å². The number of allylic oxidation sites excluding steroid dienone is 8. The van der Waals surface area contributed by atoms with Crippen molar-refractivity contribution in [1.82, 2.24) is 0 Å². The van der Waals surface area contributed by atoms with Gasteiger partial charge in [0.15, 0.2) is 0 Å². The van der Waals surface area contributed by atoms with Crippen LogP contribution >= 0.6 is 24.8 Å². The first-order valence-corrected chi connectivity index (χ1v) is 11.7. The second-order valence-electron chi connectivity index (χ2n) is 4.78. The van der Waals surface area contributed by atoms with Crippen molar-refractivity contribution in [1.29, 1.82) is 0 Å². The van der Waals surface area contributed by atoms with Gasteiger partial charge in [-0.05, 0) is 0 Å². The Morgan fingerprint density at radius 3 is 1.17 bits per heavy atom. The van der Waals surface area contributed by atoms with Crippen molar-refractivity contribution in [3.8, 4) is 0 Å². The van der Waals surface area contributed by atoms with Crippen molar-refractivity contribution in [2.75, 3.05) is 0 Å². The van der Waals surface area contributed by atoms with Crippen LogP contribution < -0.4 is 0 Å². The summed E-state index contributed by atoms with van der Waals surface area (Å²) >= 11 is 2.03. The fraction of sp³-hybridized carbons (Fsp3) is 0.500. The van der Waals surface area contributed by atoms with Gasteiger partial charge in [0, 0.05) is 0 Å². The van der Waals surface area contributed by atoms with Crippen LogP contribution in [0, 0.1) is 27.0 Å². The maximum atomic E-state index is 3.33. The molecule has 24 heavy (non-hydrogen) atoms. The number of hydrogen-bond donors (Lipinski definition) is 0. The Bertz CT molecular complexity index is 372. The number of hydrogen-bond acceptors (Lipinski definition) is 0. The average Bonchev–Trinajstić information content (AvgIpc) is 3.18. The molecule has 2 aliphatic carbocycles. The summed E-state index contributed by atoms with van der Waals surface area (Å²) in [6, 6.07) is 0. The van der Waals surface area contributed by atoms with Gasteiger partial charge in [-0.15, -0.1) is 37.7 Å². The molecule has 0 unspecified atom stereocenters. The Morgan fingerprint density at radius 1 is 0.750 bits per heavy atom. The zero-order valence-corrected chi connectivity index (χ0v) is 21.0. The quantitative estimate of drug-likeness (QED) is 0.355. The monoisotopic (exact) mass is 422 g/mol. The van der Waals surface area contributed by atoms with E-state index in [4.69, 9.17) is 0 Å². The normalized spacial score (nSPS) is 13.3. The molecule has 0 bridgehead atoms. The summed E-state index contributed by atoms with van der Waals surface area (Å²) in [6.07, 6.45) is 18.1. The van der Waals surface area contributed by atoms with Gasteiger partial charge in [0.1, 0.15) is 0 Å². The zero-order valence-electron chi connectivity index (χ0n) is 16.4. The molecule has 0 aromatic carbocycles. The molecule has 0 nitrogen and oxygen atoms in total. The van der Waals surface area contributed by atoms with Crippen LogP contribution in [0.1, 0.15) is 66.2 Å². The molecule has 0 N–H and O–H groups in total. The zero-order chi connectivity index (χ0) is 15.4. The first-order chi connectivity index (χ1) is 9.73. The van der Waals surface area contributed by atoms with E-state index < -0.39 is 0 Å². The molecule has 0 heterocycles. The van der Waals surface area contributed by atoms with Crippen molar-refractivity contribution >= 4 is 32.4 Å². The van der Waals surface area contributed by atoms with Crippen LogP contribution in [0.3, 0.4) is 0 Å². The third-order valence-corrected chi connectivity index (χ3v) is 3.51. The van der Waals surface area contributed by atoms with Crippen molar-refractivity contribution in [2.45, 2.75) is 66.2 Å². The molecule has 0 radical (unpaired) electrons. The van der Waals surface area contributed by atoms with Crippen molar-refractivity contribution in [3.05, 3.63) is 61.4 Å². The van der Waals surface area contributed by atoms with Gasteiger partial charge in [0.25, 0.3) is 0 Å². The first kappa shape index (κ1) is 35.6. The fourth-order valence-corrected chi connectivity index (χ4v) is 2.06. The third-order valence-electron chi connectivity index (χ3n) is 3.51. The van der Waals surface area contributed by atoms with Gasteiger partial charge in [0.05, 0.1) is 0 Å². The van der Waals surface area contributed by atoms with Gasteiger partial charge in [-0.2, -0.15) is 11.1 Å². The van der Waals surface area contributed by atoms with Crippen LogP contribution in [0.4, 0.5) is 0 Å². The van der Waals surface area contributed by atoms with Crippen LogP contribution in [0.5, 0.6) is 0 Å². The van der Waals surface area contributed by atoms with Crippen LogP contribution in [-0.4, -0.2) is 7.63 Å². The molecular weight excluding hydrogens is 387 g/mol. The predicted octanol–water partition coefficient (Wildman–Crippen LogP) is 6.56. The molecule has 142 valence electrons. The molecule has 0 saturated carbocycles. The molecule has 0 amide bonds. The number of rotatable bonds is 4. The standard InChI is InChI=1S/2C9H13.2CH3.2ClH.H2Si.Ti/c2*1-3-8-5-6-9(4-2)7-8;;;;;;/h2*7H,3-5H2,1-2H3;2*1H3;2*1H;1H2;/q4*-1;;;;. The van der Waals surface area contributed by atoms with Crippen LogP contribution in [0.2, 0.25) is 0 Å². The molecule has 0 aliphatic heterocycles. The molecule has 0 aromatic rings. The van der Waals surface area contributed by atoms with Crippen molar-refractivity contribution in [2.24, 2.45) is 0 Å². The van der Waals surface area contributed by atoms with E-state index in [1.165, 1.54) is 35.1 Å². The Labute approximate surface area is 178 Å². The Hall–Kier alpha value is 0.471. The second-order valence-corrected chi connectivity index (χ2v) is 4.78. The van der Waals surface area contributed by atoms with Crippen molar-refractivity contribution in [3.63, 3.8) is 0 Å². The molecule has 0 saturated heterocycles. The molecule has 4 heteroatoms. The van der Waals surface area contributed by atoms with E-state index in [-0.39, 0.29) is 39.7 Å². The Kier molecular flexibility index (Phi) is 34.8. The van der Waals surface area contributed by atoms with E-state index in [1.54, 1.807) is 0 Å². The van der Waals surface area contributed by atoms with Crippen molar-refractivity contribution < 1.29 is 19.2 Å². The van der Waals surface area contributed by atoms with E-state index >= 15 is 0 Å². The Balaban J connectivity index is -0.0000000789. The molecule has 0 atom stereocenters. The summed E-state index contributed by atoms with van der Waals surface area (Å²) in [7, 11) is 1.86. The first-order valence-electron chi connectivity index (χ1n) is 7.67. The molecular formula is C20H36Cl2SiTi-4. The van der Waals surface area contributed by atoms with Gasteiger partial charge in [0.2, 0.25) is 0 Å². The van der Waals surface area contributed by atoms with E-state index in [0.29, 0.717) is 0 Å². The van der Waals surface area contributed by atoms with Gasteiger partial charge < -0.3 is 14.9 Å². The summed E-state index contributed by atoms with van der Waals surface area (Å²) < 4.78 is 0. The summed E-state index contributed by atoms with van der Waals surface area (Å²) in [5.41, 5.74) is 5.86.